The number of hydrogen-bond acceptors (Lipinski definition) is 8. The van der Waals surface area contributed by atoms with Crippen molar-refractivity contribution < 1.29 is 18.7 Å². The van der Waals surface area contributed by atoms with Gasteiger partial charge in [-0.3, -0.25) is 14.2 Å². The van der Waals surface area contributed by atoms with Gasteiger partial charge < -0.3 is 19.2 Å². The fraction of sp³-hybridized carbons (Fsp3) is 0.222. The number of thiophene rings is 1. The minimum atomic E-state index is -0.169. The first-order valence-electron chi connectivity index (χ1n) is 11.6. The molecule has 0 aliphatic heterocycles. The Kier molecular flexibility index (Phi) is 7.47. The summed E-state index contributed by atoms with van der Waals surface area (Å²) in [6, 6.07) is 17.1. The van der Waals surface area contributed by atoms with Gasteiger partial charge >= 0.3 is 0 Å². The molecular formula is C27H25N3O5S2. The van der Waals surface area contributed by atoms with E-state index in [1.54, 1.807) is 37.2 Å². The van der Waals surface area contributed by atoms with E-state index in [0.29, 0.717) is 52.1 Å². The Morgan fingerprint density at radius 1 is 1.11 bits per heavy atom. The number of thioether (sulfide) groups is 1. The van der Waals surface area contributed by atoms with E-state index < -0.39 is 0 Å². The van der Waals surface area contributed by atoms with Crippen molar-refractivity contribution in [3.8, 4) is 11.5 Å². The number of methoxy groups -OCH3 is 2. The molecule has 190 valence electrons. The molecule has 1 amide bonds. The lowest BCUT2D eigenvalue weighted by molar-refractivity contribution is -0.118. The van der Waals surface area contributed by atoms with Crippen LogP contribution in [0.3, 0.4) is 0 Å². The summed E-state index contributed by atoms with van der Waals surface area (Å²) in [5.74, 6) is 1.91. The van der Waals surface area contributed by atoms with Crippen molar-refractivity contribution >= 4 is 49.3 Å². The summed E-state index contributed by atoms with van der Waals surface area (Å²) in [5.41, 5.74) is 1.56. The van der Waals surface area contributed by atoms with E-state index in [4.69, 9.17) is 18.9 Å². The van der Waals surface area contributed by atoms with E-state index in [-0.39, 0.29) is 17.2 Å². The SMILES string of the molecule is COc1ccc(CCn2c(SCC(=O)NCc3ccco3)nc3c(sc4ccccc43)c2=O)cc1OC. The summed E-state index contributed by atoms with van der Waals surface area (Å²) in [7, 11) is 3.19. The molecule has 2 aromatic carbocycles. The van der Waals surface area contributed by atoms with Crippen molar-refractivity contribution in [2.24, 2.45) is 0 Å². The Morgan fingerprint density at radius 2 is 1.95 bits per heavy atom. The van der Waals surface area contributed by atoms with Crippen molar-refractivity contribution in [1.82, 2.24) is 14.9 Å². The van der Waals surface area contributed by atoms with E-state index in [1.165, 1.54) is 23.1 Å². The Hall–Kier alpha value is -3.76. The second-order valence-corrected chi connectivity index (χ2v) is 10.2. The lowest BCUT2D eigenvalue weighted by Gasteiger charge is -2.13. The molecule has 0 atom stereocenters. The van der Waals surface area contributed by atoms with Crippen LogP contribution in [0, 0.1) is 0 Å². The second-order valence-electron chi connectivity index (χ2n) is 8.21. The molecule has 0 bridgehead atoms. The quantitative estimate of drug-likeness (QED) is 0.201. The molecule has 0 unspecified atom stereocenters. The number of rotatable bonds is 10. The van der Waals surface area contributed by atoms with E-state index in [0.717, 1.165) is 15.6 Å². The normalized spacial score (nSPS) is 11.2. The van der Waals surface area contributed by atoms with Gasteiger partial charge in [-0.25, -0.2) is 4.98 Å². The summed E-state index contributed by atoms with van der Waals surface area (Å²) < 4.78 is 19.3. The van der Waals surface area contributed by atoms with Crippen molar-refractivity contribution in [2.45, 2.75) is 24.7 Å². The highest BCUT2D eigenvalue weighted by molar-refractivity contribution is 7.99. The molecule has 0 aliphatic carbocycles. The average molecular weight is 536 g/mol. The molecule has 0 aliphatic rings. The van der Waals surface area contributed by atoms with Gasteiger partial charge in [-0.05, 0) is 42.3 Å². The summed E-state index contributed by atoms with van der Waals surface area (Å²) >= 11 is 2.69. The number of benzene rings is 2. The topological polar surface area (TPSA) is 95.6 Å². The number of amides is 1. The highest BCUT2D eigenvalue weighted by atomic mass is 32.2. The first-order valence-corrected chi connectivity index (χ1v) is 13.4. The highest BCUT2D eigenvalue weighted by Gasteiger charge is 2.18. The van der Waals surface area contributed by atoms with Crippen molar-refractivity contribution in [3.63, 3.8) is 0 Å². The van der Waals surface area contributed by atoms with Crippen molar-refractivity contribution in [1.29, 1.82) is 0 Å². The molecule has 0 spiro atoms. The van der Waals surface area contributed by atoms with Gasteiger partial charge in [0.2, 0.25) is 5.91 Å². The lowest BCUT2D eigenvalue weighted by atomic mass is 10.1. The molecule has 5 aromatic rings. The predicted octanol–water partition coefficient (Wildman–Crippen LogP) is 4.87. The number of carbonyl (C=O) groups is 1. The molecular weight excluding hydrogens is 510 g/mol. The van der Waals surface area contributed by atoms with E-state index in [9.17, 15) is 9.59 Å². The Morgan fingerprint density at radius 3 is 2.73 bits per heavy atom. The number of ether oxygens (including phenoxy) is 2. The largest absolute Gasteiger partial charge is 0.493 e. The third kappa shape index (κ3) is 5.35. The first kappa shape index (κ1) is 24.9. The number of fused-ring (bicyclic) bond motifs is 3. The summed E-state index contributed by atoms with van der Waals surface area (Å²) in [6.45, 7) is 0.710. The Labute approximate surface area is 221 Å². The lowest BCUT2D eigenvalue weighted by Crippen LogP contribution is -2.27. The molecule has 0 saturated heterocycles. The average Bonchev–Trinajstić information content (AvgIpc) is 3.58. The third-order valence-electron chi connectivity index (χ3n) is 5.89. The smallest absolute Gasteiger partial charge is 0.272 e. The predicted molar refractivity (Wildman–Crippen MR) is 146 cm³/mol. The van der Waals surface area contributed by atoms with Crippen LogP contribution < -0.4 is 20.3 Å². The van der Waals surface area contributed by atoms with Gasteiger partial charge in [0.15, 0.2) is 16.7 Å². The highest BCUT2D eigenvalue weighted by Crippen LogP contribution is 2.32. The van der Waals surface area contributed by atoms with Gasteiger partial charge in [-0.1, -0.05) is 36.0 Å². The number of aromatic nitrogens is 2. The van der Waals surface area contributed by atoms with Crippen molar-refractivity contribution in [2.75, 3.05) is 20.0 Å². The van der Waals surface area contributed by atoms with E-state index in [1.807, 2.05) is 42.5 Å². The number of furan rings is 1. The van der Waals surface area contributed by atoms with E-state index >= 15 is 0 Å². The van der Waals surface area contributed by atoms with Crippen molar-refractivity contribution in [3.05, 3.63) is 82.5 Å². The molecule has 0 saturated carbocycles. The van der Waals surface area contributed by atoms with Crippen LogP contribution in [-0.4, -0.2) is 35.4 Å². The monoisotopic (exact) mass is 535 g/mol. The third-order valence-corrected chi connectivity index (χ3v) is 8.02. The van der Waals surface area contributed by atoms with Gasteiger partial charge in [0, 0.05) is 16.6 Å². The maximum atomic E-state index is 13.7. The minimum Gasteiger partial charge on any atom is -0.493 e. The van der Waals surface area contributed by atoms with E-state index in [2.05, 4.69) is 5.32 Å². The zero-order valence-corrected chi connectivity index (χ0v) is 22.0. The second kappa shape index (κ2) is 11.1. The number of hydrogen-bond donors (Lipinski definition) is 1. The fourth-order valence-electron chi connectivity index (χ4n) is 4.02. The van der Waals surface area contributed by atoms with Crippen LogP contribution in [0.1, 0.15) is 11.3 Å². The van der Waals surface area contributed by atoms with Crippen LogP contribution in [0.5, 0.6) is 11.5 Å². The van der Waals surface area contributed by atoms with Crippen LogP contribution >= 0.6 is 23.1 Å². The zero-order chi connectivity index (χ0) is 25.8. The van der Waals surface area contributed by atoms with Gasteiger partial charge in [-0.15, -0.1) is 11.3 Å². The first-order chi connectivity index (χ1) is 18.1. The number of nitrogens with one attached hydrogen (secondary N) is 1. The molecule has 8 nitrogen and oxygen atoms in total. The minimum absolute atomic E-state index is 0.106. The van der Waals surface area contributed by atoms with Gasteiger partial charge in [0.1, 0.15) is 10.5 Å². The standard InChI is InChI=1S/C27H25N3O5S2/c1-33-20-10-9-17(14-21(20)34-2)11-12-30-26(32)25-24(19-7-3-4-8-22(19)37-25)29-27(30)36-16-23(31)28-15-18-6-5-13-35-18/h3-10,13-14H,11-12,15-16H2,1-2H3,(H,28,31). The molecule has 0 radical (unpaired) electrons. The molecule has 1 N–H and O–H groups in total. The molecule has 37 heavy (non-hydrogen) atoms. The molecule has 3 aromatic heterocycles. The fourth-order valence-corrected chi connectivity index (χ4v) is 5.96. The van der Waals surface area contributed by atoms with Gasteiger partial charge in [0.05, 0.1) is 38.3 Å². The number of aryl methyl sites for hydroxylation is 1. The van der Waals surface area contributed by atoms with Crippen LogP contribution in [0.4, 0.5) is 0 Å². The number of carbonyl (C=O) groups excluding carboxylic acids is 1. The molecule has 3 heterocycles. The maximum Gasteiger partial charge on any atom is 0.272 e. The Balaban J connectivity index is 1.43. The number of nitrogens with zero attached hydrogens (tertiary/aromatic N) is 2. The molecule has 5 rings (SSSR count). The summed E-state index contributed by atoms with van der Waals surface area (Å²) in [5, 5.41) is 4.29. The molecule has 10 heteroatoms. The van der Waals surface area contributed by atoms with Gasteiger partial charge in [-0.2, -0.15) is 0 Å². The summed E-state index contributed by atoms with van der Waals surface area (Å²) in [6.07, 6.45) is 2.15. The van der Waals surface area contributed by atoms with Crippen LogP contribution in [0.25, 0.3) is 20.3 Å². The maximum absolute atomic E-state index is 13.7. The zero-order valence-electron chi connectivity index (χ0n) is 20.4. The van der Waals surface area contributed by atoms with Crippen LogP contribution in [-0.2, 0) is 24.3 Å². The Bertz CT molecular complexity index is 1610. The van der Waals surface area contributed by atoms with Crippen LogP contribution in [0.15, 0.2) is 75.2 Å². The van der Waals surface area contributed by atoms with Crippen LogP contribution in [0.2, 0.25) is 0 Å². The molecule has 0 fully saturated rings. The summed E-state index contributed by atoms with van der Waals surface area (Å²) in [4.78, 5) is 31.1. The van der Waals surface area contributed by atoms with Gasteiger partial charge in [0.25, 0.3) is 5.56 Å².